The molecule has 0 aliphatic rings. The standard InChI is InChI=1S/C11H15NO3/c1-5-15-11(14)10-6(2)9(8(4)13)7(3)12-10/h12H,5H2,1-4H3. The number of Topliss-reactive ketones (excluding diaryl/α,β-unsaturated/α-hetero) is 1. The Labute approximate surface area is 88.6 Å². The van der Waals surface area contributed by atoms with Gasteiger partial charge in [0, 0.05) is 11.3 Å². The van der Waals surface area contributed by atoms with E-state index in [4.69, 9.17) is 4.74 Å². The second-order valence-corrected chi connectivity index (χ2v) is 3.40. The Morgan fingerprint density at radius 1 is 1.33 bits per heavy atom. The van der Waals surface area contributed by atoms with Crippen molar-refractivity contribution in [1.29, 1.82) is 0 Å². The average Bonchev–Trinajstić information content (AvgIpc) is 2.42. The zero-order valence-corrected chi connectivity index (χ0v) is 9.43. The quantitative estimate of drug-likeness (QED) is 0.612. The van der Waals surface area contributed by atoms with Crippen molar-refractivity contribution < 1.29 is 14.3 Å². The Kier molecular flexibility index (Phi) is 3.29. The summed E-state index contributed by atoms with van der Waals surface area (Å²) in [6.07, 6.45) is 0. The van der Waals surface area contributed by atoms with Crippen LogP contribution in [0.2, 0.25) is 0 Å². The molecule has 0 radical (unpaired) electrons. The van der Waals surface area contributed by atoms with Crippen molar-refractivity contribution in [2.24, 2.45) is 0 Å². The van der Waals surface area contributed by atoms with E-state index < -0.39 is 5.97 Å². The van der Waals surface area contributed by atoms with Gasteiger partial charge in [0.05, 0.1) is 6.61 Å². The third-order valence-corrected chi connectivity index (χ3v) is 2.27. The van der Waals surface area contributed by atoms with Gasteiger partial charge in [0.2, 0.25) is 0 Å². The highest BCUT2D eigenvalue weighted by molar-refractivity contribution is 6.01. The van der Waals surface area contributed by atoms with Gasteiger partial charge in [-0.3, -0.25) is 4.79 Å². The highest BCUT2D eigenvalue weighted by atomic mass is 16.5. The SMILES string of the molecule is CCOC(=O)c1[nH]c(C)c(C(C)=O)c1C. The predicted molar refractivity (Wildman–Crippen MR) is 56.2 cm³/mol. The Bertz CT molecular complexity index is 404. The maximum Gasteiger partial charge on any atom is 0.355 e. The van der Waals surface area contributed by atoms with Crippen molar-refractivity contribution in [3.05, 3.63) is 22.5 Å². The van der Waals surface area contributed by atoms with Crippen LogP contribution in [0, 0.1) is 13.8 Å². The lowest BCUT2D eigenvalue weighted by molar-refractivity contribution is 0.0519. The molecule has 82 valence electrons. The number of aromatic nitrogens is 1. The fourth-order valence-electron chi connectivity index (χ4n) is 1.69. The summed E-state index contributed by atoms with van der Waals surface area (Å²) in [4.78, 5) is 25.7. The number of nitrogens with one attached hydrogen (secondary N) is 1. The monoisotopic (exact) mass is 209 g/mol. The summed E-state index contributed by atoms with van der Waals surface area (Å²) in [5, 5.41) is 0. The van der Waals surface area contributed by atoms with Gasteiger partial charge in [0.15, 0.2) is 5.78 Å². The molecule has 1 heterocycles. The number of hydrogen-bond donors (Lipinski definition) is 1. The van der Waals surface area contributed by atoms with Crippen molar-refractivity contribution in [3.63, 3.8) is 0 Å². The van der Waals surface area contributed by atoms with Crippen LogP contribution in [0.5, 0.6) is 0 Å². The molecule has 0 unspecified atom stereocenters. The molecule has 0 fully saturated rings. The van der Waals surface area contributed by atoms with Gasteiger partial charge in [0.1, 0.15) is 5.69 Å². The number of hydrogen-bond acceptors (Lipinski definition) is 3. The van der Waals surface area contributed by atoms with Crippen LogP contribution >= 0.6 is 0 Å². The number of carbonyl (C=O) groups excluding carboxylic acids is 2. The minimum absolute atomic E-state index is 0.0446. The van der Waals surface area contributed by atoms with Crippen LogP contribution in [0.15, 0.2) is 0 Å². The Balaban J connectivity index is 3.17. The molecular formula is C11H15NO3. The first-order chi connectivity index (χ1) is 6.99. The summed E-state index contributed by atoms with van der Waals surface area (Å²) in [5.41, 5.74) is 2.33. The van der Waals surface area contributed by atoms with E-state index in [1.165, 1.54) is 6.92 Å². The average molecular weight is 209 g/mol. The molecule has 4 nitrogen and oxygen atoms in total. The van der Waals surface area contributed by atoms with Crippen molar-refractivity contribution in [1.82, 2.24) is 4.98 Å². The van der Waals surface area contributed by atoms with E-state index in [0.29, 0.717) is 29.1 Å². The molecule has 1 rings (SSSR count). The number of carbonyl (C=O) groups is 2. The van der Waals surface area contributed by atoms with Crippen LogP contribution in [0.25, 0.3) is 0 Å². The second-order valence-electron chi connectivity index (χ2n) is 3.40. The first-order valence-corrected chi connectivity index (χ1v) is 4.86. The maximum absolute atomic E-state index is 11.5. The largest absolute Gasteiger partial charge is 0.461 e. The number of aryl methyl sites for hydroxylation is 1. The fraction of sp³-hybridized carbons (Fsp3) is 0.455. The highest BCUT2D eigenvalue weighted by Gasteiger charge is 2.20. The lowest BCUT2D eigenvalue weighted by Crippen LogP contribution is -2.07. The van der Waals surface area contributed by atoms with Gasteiger partial charge >= 0.3 is 5.97 Å². The summed E-state index contributed by atoms with van der Waals surface area (Å²) in [6.45, 7) is 7.07. The van der Waals surface area contributed by atoms with Crippen molar-refractivity contribution >= 4 is 11.8 Å². The zero-order chi connectivity index (χ0) is 11.6. The van der Waals surface area contributed by atoms with Gasteiger partial charge in [-0.15, -0.1) is 0 Å². The summed E-state index contributed by atoms with van der Waals surface area (Å²) in [6, 6.07) is 0. The smallest absolute Gasteiger partial charge is 0.355 e. The van der Waals surface area contributed by atoms with Gasteiger partial charge in [-0.05, 0) is 33.3 Å². The van der Waals surface area contributed by atoms with Gasteiger partial charge in [0.25, 0.3) is 0 Å². The Morgan fingerprint density at radius 3 is 2.33 bits per heavy atom. The molecule has 0 atom stereocenters. The van der Waals surface area contributed by atoms with Crippen LogP contribution in [0.4, 0.5) is 0 Å². The van der Waals surface area contributed by atoms with Crippen LogP contribution in [-0.4, -0.2) is 23.3 Å². The van der Waals surface area contributed by atoms with Crippen LogP contribution in [-0.2, 0) is 4.74 Å². The minimum Gasteiger partial charge on any atom is -0.461 e. The van der Waals surface area contributed by atoms with Crippen molar-refractivity contribution in [2.75, 3.05) is 6.61 Å². The van der Waals surface area contributed by atoms with Crippen molar-refractivity contribution in [3.8, 4) is 0 Å². The molecule has 0 saturated carbocycles. The van der Waals surface area contributed by atoms with Crippen LogP contribution in [0.3, 0.4) is 0 Å². The lowest BCUT2D eigenvalue weighted by atomic mass is 10.1. The van der Waals surface area contributed by atoms with Gasteiger partial charge in [-0.25, -0.2) is 4.79 Å². The second kappa shape index (κ2) is 4.29. The molecule has 0 amide bonds. The number of H-pyrrole nitrogens is 1. The molecule has 0 aromatic carbocycles. The highest BCUT2D eigenvalue weighted by Crippen LogP contribution is 2.18. The van der Waals surface area contributed by atoms with Gasteiger partial charge in [-0.1, -0.05) is 0 Å². The first kappa shape index (κ1) is 11.5. The number of esters is 1. The van der Waals surface area contributed by atoms with E-state index in [0.717, 1.165) is 0 Å². The van der Waals surface area contributed by atoms with Gasteiger partial charge < -0.3 is 9.72 Å². The van der Waals surface area contributed by atoms with E-state index >= 15 is 0 Å². The maximum atomic E-state index is 11.5. The molecule has 1 aromatic heterocycles. The Hall–Kier alpha value is -1.58. The number of ketones is 1. The molecular weight excluding hydrogens is 194 g/mol. The third kappa shape index (κ3) is 2.09. The minimum atomic E-state index is -0.411. The number of aromatic amines is 1. The normalized spacial score (nSPS) is 10.1. The van der Waals surface area contributed by atoms with Crippen LogP contribution in [0.1, 0.15) is 46.0 Å². The van der Waals surface area contributed by atoms with Crippen molar-refractivity contribution in [2.45, 2.75) is 27.7 Å². The van der Waals surface area contributed by atoms with Gasteiger partial charge in [-0.2, -0.15) is 0 Å². The Morgan fingerprint density at radius 2 is 1.93 bits per heavy atom. The molecule has 0 saturated heterocycles. The topological polar surface area (TPSA) is 59.2 Å². The molecule has 0 spiro atoms. The molecule has 1 aromatic rings. The summed E-state index contributed by atoms with van der Waals surface area (Å²) in [7, 11) is 0. The first-order valence-electron chi connectivity index (χ1n) is 4.86. The van der Waals surface area contributed by atoms with E-state index in [1.807, 2.05) is 0 Å². The zero-order valence-electron chi connectivity index (χ0n) is 9.43. The number of rotatable bonds is 3. The summed E-state index contributed by atoms with van der Waals surface area (Å²) < 4.78 is 4.88. The molecule has 0 bridgehead atoms. The molecule has 15 heavy (non-hydrogen) atoms. The summed E-state index contributed by atoms with van der Waals surface area (Å²) >= 11 is 0. The molecule has 1 N–H and O–H groups in total. The number of ether oxygens (including phenoxy) is 1. The molecule has 4 heteroatoms. The molecule has 0 aliphatic carbocycles. The van der Waals surface area contributed by atoms with E-state index in [-0.39, 0.29) is 5.78 Å². The third-order valence-electron chi connectivity index (χ3n) is 2.27. The van der Waals surface area contributed by atoms with E-state index in [2.05, 4.69) is 4.98 Å². The van der Waals surface area contributed by atoms with E-state index in [9.17, 15) is 9.59 Å². The summed E-state index contributed by atoms with van der Waals surface area (Å²) in [5.74, 6) is -0.456. The van der Waals surface area contributed by atoms with Crippen LogP contribution < -0.4 is 0 Å². The van der Waals surface area contributed by atoms with E-state index in [1.54, 1.807) is 20.8 Å². The predicted octanol–water partition coefficient (Wildman–Crippen LogP) is 2.01. The fourth-order valence-corrected chi connectivity index (χ4v) is 1.69. The molecule has 0 aliphatic heterocycles. The lowest BCUT2D eigenvalue weighted by Gasteiger charge is -2.00.